The molecule has 0 unspecified atom stereocenters. The van der Waals surface area contributed by atoms with Crippen LogP contribution >= 0.6 is 11.6 Å². The maximum Gasteiger partial charge on any atom is 0.246 e. The van der Waals surface area contributed by atoms with Gasteiger partial charge in [0.2, 0.25) is 10.0 Å². The van der Waals surface area contributed by atoms with Gasteiger partial charge in [0.25, 0.3) is 0 Å². The fourth-order valence-electron chi connectivity index (χ4n) is 2.42. The summed E-state index contributed by atoms with van der Waals surface area (Å²) in [6, 6.07) is 7.60. The molecule has 0 aromatic heterocycles. The summed E-state index contributed by atoms with van der Waals surface area (Å²) in [6.45, 7) is -0.660. The maximum atomic E-state index is 13.7. The zero-order chi connectivity index (χ0) is 18.4. The number of benzene rings is 2. The molecule has 25 heavy (non-hydrogen) atoms. The summed E-state index contributed by atoms with van der Waals surface area (Å²) in [4.78, 5) is -0.786. The fourth-order valence-corrected chi connectivity index (χ4v) is 6.00. The third-order valence-corrected chi connectivity index (χ3v) is 8.11. The minimum atomic E-state index is -4.30. The van der Waals surface area contributed by atoms with Crippen molar-refractivity contribution in [3.05, 3.63) is 59.1 Å². The molecule has 5 nitrogen and oxygen atoms in total. The van der Waals surface area contributed by atoms with E-state index in [2.05, 4.69) is 0 Å². The molecule has 0 saturated carbocycles. The number of rotatable bonds is 4. The molecule has 1 aliphatic heterocycles. The molecule has 2 aromatic carbocycles. The van der Waals surface area contributed by atoms with E-state index in [0.717, 1.165) is 10.4 Å². The Hall–Kier alpha value is -1.55. The average molecular weight is 408 g/mol. The van der Waals surface area contributed by atoms with E-state index in [1.165, 1.54) is 24.3 Å². The topological polar surface area (TPSA) is 71.5 Å². The highest BCUT2D eigenvalue weighted by molar-refractivity contribution is 7.92. The Morgan fingerprint density at radius 3 is 2.16 bits per heavy atom. The number of sulfone groups is 1. The Morgan fingerprint density at radius 1 is 0.960 bits per heavy atom. The van der Waals surface area contributed by atoms with Gasteiger partial charge >= 0.3 is 0 Å². The first-order valence-corrected chi connectivity index (χ1v) is 10.4. The van der Waals surface area contributed by atoms with Gasteiger partial charge in [-0.05, 0) is 42.5 Å². The van der Waals surface area contributed by atoms with Crippen molar-refractivity contribution in [3.8, 4) is 0 Å². The van der Waals surface area contributed by atoms with Crippen LogP contribution in [0.1, 0.15) is 0 Å². The molecule has 3 rings (SSSR count). The zero-order valence-corrected chi connectivity index (χ0v) is 15.0. The quantitative estimate of drug-likeness (QED) is 0.780. The molecule has 1 aliphatic rings. The first-order chi connectivity index (χ1) is 11.6. The van der Waals surface area contributed by atoms with E-state index in [-0.39, 0.29) is 18.0 Å². The standard InChI is InChI=1S/C15H12ClF2NO4S2/c16-10-1-4-12(5-2-10)24(20,21)13-8-19(9-13)25(22,23)15-7-11(17)3-6-14(15)18/h1-7,13H,8-9H2. The van der Waals surface area contributed by atoms with Crippen molar-refractivity contribution < 1.29 is 25.6 Å². The SMILES string of the molecule is O=S(=O)(c1ccc(Cl)cc1)C1CN(S(=O)(=O)c2cc(F)ccc2F)C1. The molecule has 0 amide bonds. The van der Waals surface area contributed by atoms with E-state index >= 15 is 0 Å². The van der Waals surface area contributed by atoms with Crippen LogP contribution in [0.3, 0.4) is 0 Å². The third-order valence-electron chi connectivity index (χ3n) is 3.91. The van der Waals surface area contributed by atoms with Crippen LogP contribution in [0.25, 0.3) is 0 Å². The van der Waals surface area contributed by atoms with E-state index < -0.39 is 41.6 Å². The molecule has 2 aromatic rings. The minimum absolute atomic E-state index is 0.0240. The van der Waals surface area contributed by atoms with Crippen molar-refractivity contribution in [2.75, 3.05) is 13.1 Å². The van der Waals surface area contributed by atoms with E-state index in [1.807, 2.05) is 0 Å². The summed E-state index contributed by atoms with van der Waals surface area (Å²) < 4.78 is 77.4. The van der Waals surface area contributed by atoms with Crippen LogP contribution in [0.4, 0.5) is 8.78 Å². The van der Waals surface area contributed by atoms with Crippen molar-refractivity contribution in [1.29, 1.82) is 0 Å². The van der Waals surface area contributed by atoms with Crippen LogP contribution in [-0.2, 0) is 19.9 Å². The second kappa shape index (κ2) is 6.31. The molecular weight excluding hydrogens is 396 g/mol. The lowest BCUT2D eigenvalue weighted by Crippen LogP contribution is -2.56. The summed E-state index contributed by atoms with van der Waals surface area (Å²) in [6.07, 6.45) is 0. The van der Waals surface area contributed by atoms with Gasteiger partial charge in [0.15, 0.2) is 9.84 Å². The number of sulfonamides is 1. The Labute approximate surface area is 148 Å². The van der Waals surface area contributed by atoms with Crippen LogP contribution in [0.2, 0.25) is 5.02 Å². The smallest absolute Gasteiger partial charge is 0.223 e. The maximum absolute atomic E-state index is 13.7. The molecule has 0 atom stereocenters. The van der Waals surface area contributed by atoms with E-state index in [9.17, 15) is 25.6 Å². The minimum Gasteiger partial charge on any atom is -0.223 e. The van der Waals surface area contributed by atoms with Crippen molar-refractivity contribution in [3.63, 3.8) is 0 Å². The highest BCUT2D eigenvalue weighted by Crippen LogP contribution is 2.30. The van der Waals surface area contributed by atoms with E-state index in [1.54, 1.807) is 0 Å². The van der Waals surface area contributed by atoms with Gasteiger partial charge in [0.1, 0.15) is 16.5 Å². The van der Waals surface area contributed by atoms with Crippen molar-refractivity contribution in [1.82, 2.24) is 4.31 Å². The number of hydrogen-bond donors (Lipinski definition) is 0. The summed E-state index contributed by atoms with van der Waals surface area (Å²) >= 11 is 5.72. The van der Waals surface area contributed by atoms with Crippen LogP contribution in [0, 0.1) is 11.6 Å². The van der Waals surface area contributed by atoms with Crippen LogP contribution in [-0.4, -0.2) is 39.5 Å². The summed E-state index contributed by atoms with van der Waals surface area (Å²) in [5.74, 6) is -1.99. The van der Waals surface area contributed by atoms with E-state index in [0.29, 0.717) is 17.2 Å². The lowest BCUT2D eigenvalue weighted by atomic mass is 10.3. The molecule has 10 heteroatoms. The average Bonchev–Trinajstić information content (AvgIpc) is 2.48. The summed E-state index contributed by atoms with van der Waals surface area (Å²) in [7, 11) is -8.05. The third kappa shape index (κ3) is 3.29. The number of hydrogen-bond acceptors (Lipinski definition) is 4. The lowest BCUT2D eigenvalue weighted by molar-refractivity contribution is 0.308. The van der Waals surface area contributed by atoms with Crippen LogP contribution < -0.4 is 0 Å². The number of nitrogens with zero attached hydrogens (tertiary/aromatic N) is 1. The Balaban J connectivity index is 1.82. The normalized spacial score (nSPS) is 16.6. The summed E-state index contributed by atoms with van der Waals surface area (Å²) in [5, 5.41) is -0.585. The Kier molecular flexibility index (Phi) is 4.61. The molecule has 134 valence electrons. The molecule has 0 aliphatic carbocycles. The summed E-state index contributed by atoms with van der Waals surface area (Å²) in [5.41, 5.74) is 0. The Morgan fingerprint density at radius 2 is 1.56 bits per heavy atom. The van der Waals surface area contributed by atoms with Gasteiger partial charge in [0, 0.05) is 18.1 Å². The first kappa shape index (κ1) is 18.2. The van der Waals surface area contributed by atoms with Crippen molar-refractivity contribution in [2.45, 2.75) is 15.0 Å². The molecule has 1 fully saturated rings. The highest BCUT2D eigenvalue weighted by Gasteiger charge is 2.44. The molecule has 1 heterocycles. The largest absolute Gasteiger partial charge is 0.246 e. The molecular formula is C15H12ClF2NO4S2. The second-order valence-electron chi connectivity index (χ2n) is 5.52. The molecule has 0 radical (unpaired) electrons. The van der Waals surface area contributed by atoms with Crippen LogP contribution in [0.15, 0.2) is 52.3 Å². The van der Waals surface area contributed by atoms with Gasteiger partial charge < -0.3 is 0 Å². The predicted molar refractivity (Wildman–Crippen MR) is 87.5 cm³/mol. The molecule has 0 spiro atoms. The van der Waals surface area contributed by atoms with Gasteiger partial charge in [-0.1, -0.05) is 11.6 Å². The molecule has 1 saturated heterocycles. The predicted octanol–water partition coefficient (Wildman–Crippen LogP) is 2.47. The van der Waals surface area contributed by atoms with Gasteiger partial charge in [-0.3, -0.25) is 0 Å². The Bertz CT molecular complexity index is 1020. The number of halogens is 3. The van der Waals surface area contributed by atoms with Gasteiger partial charge in [-0.2, -0.15) is 4.31 Å². The molecule has 0 N–H and O–H groups in total. The van der Waals surface area contributed by atoms with E-state index in [4.69, 9.17) is 11.6 Å². The van der Waals surface area contributed by atoms with Crippen molar-refractivity contribution >= 4 is 31.5 Å². The molecule has 0 bridgehead atoms. The van der Waals surface area contributed by atoms with Crippen LogP contribution in [0.5, 0.6) is 0 Å². The van der Waals surface area contributed by atoms with Gasteiger partial charge in [0.05, 0.1) is 10.1 Å². The fraction of sp³-hybridized carbons (Fsp3) is 0.200. The zero-order valence-electron chi connectivity index (χ0n) is 12.6. The highest BCUT2D eigenvalue weighted by atomic mass is 35.5. The first-order valence-electron chi connectivity index (χ1n) is 7.07. The van der Waals surface area contributed by atoms with Crippen molar-refractivity contribution in [2.24, 2.45) is 0 Å². The van der Waals surface area contributed by atoms with Gasteiger partial charge in [-0.15, -0.1) is 0 Å². The second-order valence-corrected chi connectivity index (χ2v) is 10.1. The monoisotopic (exact) mass is 407 g/mol. The lowest BCUT2D eigenvalue weighted by Gasteiger charge is -2.37. The van der Waals surface area contributed by atoms with Gasteiger partial charge in [-0.25, -0.2) is 25.6 Å².